The predicted molar refractivity (Wildman–Crippen MR) is 115 cm³/mol. The summed E-state index contributed by atoms with van der Waals surface area (Å²) in [6.45, 7) is 0. The maximum atomic E-state index is 12.4. The summed E-state index contributed by atoms with van der Waals surface area (Å²) < 4.78 is 14.8. The number of methoxy groups -OCH3 is 2. The first kappa shape index (κ1) is 23.4. The zero-order chi connectivity index (χ0) is 24.0. The van der Waals surface area contributed by atoms with Crippen molar-refractivity contribution in [3.63, 3.8) is 0 Å². The van der Waals surface area contributed by atoms with Crippen LogP contribution in [0.3, 0.4) is 0 Å². The molecule has 1 N–H and O–H groups in total. The lowest BCUT2D eigenvalue weighted by molar-refractivity contribution is -0.384. The number of benzene rings is 2. The number of anilines is 1. The molecule has 33 heavy (non-hydrogen) atoms. The van der Waals surface area contributed by atoms with Crippen LogP contribution < -0.4 is 5.32 Å². The maximum absolute atomic E-state index is 12.4. The summed E-state index contributed by atoms with van der Waals surface area (Å²) in [6, 6.07) is 9.86. The van der Waals surface area contributed by atoms with E-state index in [0.29, 0.717) is 0 Å². The van der Waals surface area contributed by atoms with Gasteiger partial charge in [-0.25, -0.2) is 9.59 Å². The second-order valence-corrected chi connectivity index (χ2v) is 7.15. The van der Waals surface area contributed by atoms with Crippen LogP contribution in [-0.4, -0.2) is 52.9 Å². The summed E-state index contributed by atoms with van der Waals surface area (Å²) in [6.07, 6.45) is 0. The van der Waals surface area contributed by atoms with Crippen LogP contribution in [0, 0.1) is 10.1 Å². The molecule has 0 bridgehead atoms. The van der Waals surface area contributed by atoms with Gasteiger partial charge in [-0.2, -0.15) is 0 Å². The monoisotopic (exact) mass is 472 g/mol. The number of carbonyl (C=O) groups is 3. The fourth-order valence-corrected chi connectivity index (χ4v) is 3.25. The molecule has 0 aliphatic rings. The van der Waals surface area contributed by atoms with Gasteiger partial charge in [0.1, 0.15) is 5.56 Å². The van der Waals surface area contributed by atoms with E-state index in [1.54, 1.807) is 6.07 Å². The van der Waals surface area contributed by atoms with Gasteiger partial charge in [-0.15, -0.1) is 10.2 Å². The van der Waals surface area contributed by atoms with Gasteiger partial charge in [0.15, 0.2) is 0 Å². The van der Waals surface area contributed by atoms with E-state index < -0.39 is 22.8 Å². The SMILES string of the molecule is COC(=O)c1ccc(C(=O)OC)c(NC(=O)CSc2nnc(-c3ccccc3[N+](=O)[O-])o2)c1. The van der Waals surface area contributed by atoms with E-state index in [-0.39, 0.29) is 44.9 Å². The van der Waals surface area contributed by atoms with Gasteiger partial charge < -0.3 is 19.2 Å². The van der Waals surface area contributed by atoms with Crippen LogP contribution in [0.25, 0.3) is 11.5 Å². The first-order valence-electron chi connectivity index (χ1n) is 9.14. The van der Waals surface area contributed by atoms with Crippen LogP contribution in [-0.2, 0) is 14.3 Å². The molecule has 0 aliphatic heterocycles. The number of nitro groups is 1. The number of rotatable bonds is 8. The summed E-state index contributed by atoms with van der Waals surface area (Å²) in [5.74, 6) is -2.16. The van der Waals surface area contributed by atoms with Crippen molar-refractivity contribution in [1.29, 1.82) is 0 Å². The van der Waals surface area contributed by atoms with E-state index in [1.165, 1.54) is 50.6 Å². The molecule has 12 nitrogen and oxygen atoms in total. The van der Waals surface area contributed by atoms with E-state index in [1.807, 2.05) is 0 Å². The molecule has 3 aromatic rings. The van der Waals surface area contributed by atoms with E-state index in [9.17, 15) is 24.5 Å². The molecule has 1 heterocycles. The average molecular weight is 472 g/mol. The molecule has 170 valence electrons. The molecule has 0 saturated carbocycles. The molecule has 13 heteroatoms. The number of hydrogen-bond donors (Lipinski definition) is 1. The van der Waals surface area contributed by atoms with Gasteiger partial charge in [-0.05, 0) is 24.3 Å². The van der Waals surface area contributed by atoms with Crippen molar-refractivity contribution >= 4 is 41.0 Å². The standard InChI is InChI=1S/C20H16N4O8S/c1-30-18(26)11-7-8-12(19(27)31-2)14(9-11)21-16(25)10-33-20-23-22-17(32-20)13-5-3-4-6-15(13)24(28)29/h3-9H,10H2,1-2H3,(H,21,25). The fraction of sp³-hybridized carbons (Fsp3) is 0.150. The van der Waals surface area contributed by atoms with Crippen LogP contribution in [0.4, 0.5) is 11.4 Å². The topological polar surface area (TPSA) is 164 Å². The highest BCUT2D eigenvalue weighted by Gasteiger charge is 2.21. The molecule has 0 atom stereocenters. The van der Waals surface area contributed by atoms with Crippen molar-refractivity contribution in [2.75, 3.05) is 25.3 Å². The molecule has 0 saturated heterocycles. The zero-order valence-electron chi connectivity index (χ0n) is 17.3. The number of carbonyl (C=O) groups excluding carboxylic acids is 3. The minimum absolute atomic E-state index is 0.00908. The third-order valence-corrected chi connectivity index (χ3v) is 5.00. The Bertz CT molecular complexity index is 1230. The number of esters is 2. The van der Waals surface area contributed by atoms with Gasteiger partial charge in [0, 0.05) is 6.07 Å². The van der Waals surface area contributed by atoms with E-state index >= 15 is 0 Å². The quantitative estimate of drug-likeness (QED) is 0.222. The van der Waals surface area contributed by atoms with Crippen LogP contribution in [0.15, 0.2) is 52.1 Å². The van der Waals surface area contributed by atoms with Gasteiger partial charge >= 0.3 is 11.9 Å². The number of nitrogens with one attached hydrogen (secondary N) is 1. The summed E-state index contributed by atoms with van der Waals surface area (Å²) in [4.78, 5) is 46.8. The lowest BCUT2D eigenvalue weighted by Crippen LogP contribution is -2.18. The lowest BCUT2D eigenvalue weighted by atomic mass is 10.1. The Labute approximate surface area is 190 Å². The summed E-state index contributed by atoms with van der Waals surface area (Å²) in [7, 11) is 2.39. The molecule has 0 spiro atoms. The normalized spacial score (nSPS) is 10.4. The Morgan fingerprint density at radius 3 is 2.52 bits per heavy atom. The van der Waals surface area contributed by atoms with Crippen LogP contribution in [0.2, 0.25) is 0 Å². The van der Waals surface area contributed by atoms with Gasteiger partial charge in [0.25, 0.3) is 16.8 Å². The van der Waals surface area contributed by atoms with Gasteiger partial charge in [-0.3, -0.25) is 14.9 Å². The number of hydrogen-bond acceptors (Lipinski definition) is 11. The van der Waals surface area contributed by atoms with Crippen molar-refractivity contribution in [1.82, 2.24) is 10.2 Å². The number of para-hydroxylation sites is 1. The van der Waals surface area contributed by atoms with E-state index in [4.69, 9.17) is 9.15 Å². The highest BCUT2D eigenvalue weighted by molar-refractivity contribution is 7.99. The minimum Gasteiger partial charge on any atom is -0.465 e. The summed E-state index contributed by atoms with van der Waals surface area (Å²) in [5, 5.41) is 21.3. The number of nitro benzene ring substituents is 1. The van der Waals surface area contributed by atoms with Crippen LogP contribution >= 0.6 is 11.8 Å². The fourth-order valence-electron chi connectivity index (χ4n) is 2.68. The second kappa shape index (κ2) is 10.4. The highest BCUT2D eigenvalue weighted by Crippen LogP contribution is 2.30. The first-order chi connectivity index (χ1) is 15.8. The highest BCUT2D eigenvalue weighted by atomic mass is 32.2. The van der Waals surface area contributed by atoms with E-state index in [0.717, 1.165) is 11.8 Å². The molecular weight excluding hydrogens is 456 g/mol. The third-order valence-electron chi connectivity index (χ3n) is 4.18. The molecule has 0 unspecified atom stereocenters. The van der Waals surface area contributed by atoms with Crippen molar-refractivity contribution < 1.29 is 33.2 Å². The molecule has 0 fully saturated rings. The third kappa shape index (κ3) is 5.51. The Morgan fingerprint density at radius 1 is 1.09 bits per heavy atom. The number of thioether (sulfide) groups is 1. The molecule has 0 aliphatic carbocycles. The van der Waals surface area contributed by atoms with Crippen molar-refractivity contribution in [2.24, 2.45) is 0 Å². The van der Waals surface area contributed by atoms with Crippen LogP contribution in [0.5, 0.6) is 0 Å². The molecular formula is C20H16N4O8S. The van der Waals surface area contributed by atoms with Gasteiger partial charge in [0.05, 0.1) is 41.7 Å². The Hall–Kier alpha value is -4.26. The minimum atomic E-state index is -0.708. The number of amides is 1. The summed E-state index contributed by atoms with van der Waals surface area (Å²) >= 11 is 0.883. The zero-order valence-corrected chi connectivity index (χ0v) is 18.1. The smallest absolute Gasteiger partial charge is 0.339 e. The maximum Gasteiger partial charge on any atom is 0.339 e. The molecule has 1 aromatic heterocycles. The van der Waals surface area contributed by atoms with Gasteiger partial charge in [-0.1, -0.05) is 23.9 Å². The van der Waals surface area contributed by atoms with Crippen LogP contribution in [0.1, 0.15) is 20.7 Å². The molecule has 0 radical (unpaired) electrons. The number of aromatic nitrogens is 2. The molecule has 2 aromatic carbocycles. The second-order valence-electron chi connectivity index (χ2n) is 6.23. The van der Waals surface area contributed by atoms with Crippen molar-refractivity contribution in [3.05, 3.63) is 63.7 Å². The predicted octanol–water partition coefficient (Wildman–Crippen LogP) is 2.95. The Kier molecular flexibility index (Phi) is 7.35. The van der Waals surface area contributed by atoms with Gasteiger partial charge in [0.2, 0.25) is 5.91 Å². The molecule has 1 amide bonds. The lowest BCUT2D eigenvalue weighted by Gasteiger charge is -2.11. The Balaban J connectivity index is 1.72. The average Bonchev–Trinajstić information content (AvgIpc) is 3.30. The summed E-state index contributed by atoms with van der Waals surface area (Å²) in [5.41, 5.74) is 0.172. The number of ether oxygens (including phenoxy) is 2. The first-order valence-corrected chi connectivity index (χ1v) is 10.1. The largest absolute Gasteiger partial charge is 0.465 e. The van der Waals surface area contributed by atoms with Crippen molar-refractivity contribution in [3.8, 4) is 11.5 Å². The van der Waals surface area contributed by atoms with Crippen molar-refractivity contribution in [2.45, 2.75) is 5.22 Å². The van der Waals surface area contributed by atoms with E-state index in [2.05, 4.69) is 20.3 Å². The number of nitrogens with zero attached hydrogens (tertiary/aromatic N) is 3. The molecule has 3 rings (SSSR count). The Morgan fingerprint density at radius 2 is 1.82 bits per heavy atom.